The van der Waals surface area contributed by atoms with Crippen LogP contribution in [0.5, 0.6) is 0 Å². The predicted octanol–water partition coefficient (Wildman–Crippen LogP) is 3.64. The monoisotopic (exact) mass is 586 g/mol. The maximum Gasteiger partial charge on any atom is 0.417 e. The number of aromatic nitrogens is 3. The first kappa shape index (κ1) is 29.0. The van der Waals surface area contributed by atoms with Crippen molar-refractivity contribution in [2.75, 3.05) is 47.0 Å². The standard InChI is InChI=1S/C28H30F4N8O2/c1-15-12-40(13-16(2)37-15)24-8-22(29)19(17-4-3-5-39(14-17)27-35-9-18(33)10-36-27)6-23(24)38-26(42)20-11-34-25(41)7-21(20)28(30,31)32/h4,6-11,15-16,37H,3,5,12-14,33H2,1-2H3,(H,34,41)(H,38,42)/t15-,16+. The number of rotatable bonds is 5. The zero-order chi connectivity index (χ0) is 30.2. The molecular weight excluding hydrogens is 556 g/mol. The van der Waals surface area contributed by atoms with Crippen molar-refractivity contribution < 1.29 is 22.4 Å². The van der Waals surface area contributed by atoms with Crippen molar-refractivity contribution >= 4 is 34.5 Å². The SMILES string of the molecule is C[C@@H]1CN(c2cc(F)c(C3=CCCN(c4ncc(N)cn4)C3)cc2NC(=O)c2c[nH]c(=O)cc2C(F)(F)F)C[C@H](C)N1. The second-order valence-electron chi connectivity index (χ2n) is 10.6. The second-order valence-corrected chi connectivity index (χ2v) is 10.6. The first-order valence-corrected chi connectivity index (χ1v) is 13.4. The number of nitrogens with one attached hydrogen (secondary N) is 3. The molecule has 0 saturated carbocycles. The molecule has 3 aromatic rings. The highest BCUT2D eigenvalue weighted by molar-refractivity contribution is 6.07. The van der Waals surface area contributed by atoms with Gasteiger partial charge in [0.2, 0.25) is 11.5 Å². The van der Waals surface area contributed by atoms with E-state index < -0.39 is 34.6 Å². The predicted molar refractivity (Wildman–Crippen MR) is 152 cm³/mol. The molecule has 0 spiro atoms. The zero-order valence-corrected chi connectivity index (χ0v) is 22.9. The Kier molecular flexibility index (Phi) is 7.91. The van der Waals surface area contributed by atoms with Crippen LogP contribution < -0.4 is 31.7 Å². The van der Waals surface area contributed by atoms with Gasteiger partial charge in [0.15, 0.2) is 0 Å². The fraction of sp³-hybridized carbons (Fsp3) is 0.357. The number of anilines is 4. The van der Waals surface area contributed by atoms with Gasteiger partial charge >= 0.3 is 6.18 Å². The lowest BCUT2D eigenvalue weighted by atomic mass is 9.98. The molecule has 5 N–H and O–H groups in total. The van der Waals surface area contributed by atoms with E-state index in [1.54, 1.807) is 0 Å². The van der Waals surface area contributed by atoms with Gasteiger partial charge < -0.3 is 31.2 Å². The lowest BCUT2D eigenvalue weighted by Gasteiger charge is -2.38. The first-order chi connectivity index (χ1) is 19.9. The van der Waals surface area contributed by atoms with E-state index in [0.29, 0.717) is 55.0 Å². The van der Waals surface area contributed by atoms with Crippen LogP contribution in [0, 0.1) is 5.82 Å². The Balaban J connectivity index is 1.54. The summed E-state index contributed by atoms with van der Waals surface area (Å²) in [5, 5.41) is 5.95. The van der Waals surface area contributed by atoms with E-state index in [4.69, 9.17) is 5.73 Å². The van der Waals surface area contributed by atoms with Gasteiger partial charge in [-0.2, -0.15) is 13.2 Å². The van der Waals surface area contributed by atoms with Crippen molar-refractivity contribution in [2.45, 2.75) is 38.5 Å². The summed E-state index contributed by atoms with van der Waals surface area (Å²) < 4.78 is 57.0. The number of benzene rings is 1. The molecule has 1 fully saturated rings. The van der Waals surface area contributed by atoms with Gasteiger partial charge in [0.05, 0.1) is 40.6 Å². The Hall–Kier alpha value is -4.46. The number of alkyl halides is 3. The molecule has 42 heavy (non-hydrogen) atoms. The highest BCUT2D eigenvalue weighted by atomic mass is 19.4. The maximum atomic E-state index is 15.8. The van der Waals surface area contributed by atoms with Crippen molar-refractivity contribution in [2.24, 2.45) is 0 Å². The molecule has 2 atom stereocenters. The molecule has 0 bridgehead atoms. The molecule has 2 aliphatic rings. The summed E-state index contributed by atoms with van der Waals surface area (Å²) in [5.41, 5.74) is 4.23. The molecule has 2 aliphatic heterocycles. The maximum absolute atomic E-state index is 15.8. The number of nitrogens with zero attached hydrogens (tertiary/aromatic N) is 4. The lowest BCUT2D eigenvalue weighted by Crippen LogP contribution is -2.54. The van der Waals surface area contributed by atoms with Crippen LogP contribution in [0.1, 0.15) is 41.8 Å². The van der Waals surface area contributed by atoms with Crippen molar-refractivity contribution in [1.82, 2.24) is 20.3 Å². The van der Waals surface area contributed by atoms with Crippen LogP contribution in [-0.2, 0) is 6.18 Å². The number of halogens is 4. The molecule has 0 radical (unpaired) electrons. The van der Waals surface area contributed by atoms with Gasteiger partial charge in [-0.25, -0.2) is 14.4 Å². The molecule has 10 nitrogen and oxygen atoms in total. The number of pyridine rings is 1. The highest BCUT2D eigenvalue weighted by Gasteiger charge is 2.36. The number of aromatic amines is 1. The van der Waals surface area contributed by atoms with Gasteiger partial charge in [-0.1, -0.05) is 6.08 Å². The second kappa shape index (κ2) is 11.4. The van der Waals surface area contributed by atoms with Gasteiger partial charge in [0.1, 0.15) is 5.82 Å². The molecule has 5 rings (SSSR count). The molecule has 0 unspecified atom stereocenters. The van der Waals surface area contributed by atoms with Gasteiger partial charge in [0.25, 0.3) is 5.91 Å². The molecule has 1 aromatic carbocycles. The average Bonchev–Trinajstić information content (AvgIpc) is 2.93. The smallest absolute Gasteiger partial charge is 0.396 e. The van der Waals surface area contributed by atoms with Crippen molar-refractivity contribution in [3.8, 4) is 0 Å². The number of hydrogen-bond acceptors (Lipinski definition) is 8. The fourth-order valence-electron chi connectivity index (χ4n) is 5.38. The summed E-state index contributed by atoms with van der Waals surface area (Å²) in [7, 11) is 0. The van der Waals surface area contributed by atoms with Crippen LogP contribution in [0.2, 0.25) is 0 Å². The number of piperazine rings is 1. The minimum atomic E-state index is -4.94. The van der Waals surface area contributed by atoms with Crippen LogP contribution in [0.15, 0.2) is 47.7 Å². The third kappa shape index (κ3) is 6.22. The van der Waals surface area contributed by atoms with E-state index >= 15 is 4.39 Å². The summed E-state index contributed by atoms with van der Waals surface area (Å²) in [4.78, 5) is 39.3. The third-order valence-corrected chi connectivity index (χ3v) is 7.14. The molecule has 2 aromatic heterocycles. The van der Waals surface area contributed by atoms with Crippen LogP contribution in [0.4, 0.5) is 40.6 Å². The molecule has 1 saturated heterocycles. The fourth-order valence-corrected chi connectivity index (χ4v) is 5.38. The summed E-state index contributed by atoms with van der Waals surface area (Å²) in [5.74, 6) is -1.22. The number of amides is 1. The zero-order valence-electron chi connectivity index (χ0n) is 22.9. The summed E-state index contributed by atoms with van der Waals surface area (Å²) in [6.45, 7) is 5.71. The summed E-state index contributed by atoms with van der Waals surface area (Å²) in [6, 6.07) is 3.15. The van der Waals surface area contributed by atoms with Crippen LogP contribution in [-0.4, -0.2) is 59.1 Å². The number of nitrogens with two attached hydrogens (primary N) is 1. The van der Waals surface area contributed by atoms with Gasteiger partial charge in [-0.15, -0.1) is 0 Å². The number of H-pyrrole nitrogens is 1. The average molecular weight is 587 g/mol. The van der Waals surface area contributed by atoms with E-state index in [2.05, 4.69) is 25.6 Å². The highest BCUT2D eigenvalue weighted by Crippen LogP contribution is 2.36. The number of carbonyl (C=O) groups excluding carboxylic acids is 1. The minimum Gasteiger partial charge on any atom is -0.396 e. The Labute approximate surface area is 238 Å². The van der Waals surface area contributed by atoms with E-state index in [0.717, 1.165) is 6.20 Å². The van der Waals surface area contributed by atoms with Crippen LogP contribution >= 0.6 is 0 Å². The van der Waals surface area contributed by atoms with E-state index in [-0.39, 0.29) is 29.9 Å². The quantitative estimate of drug-likeness (QED) is 0.334. The molecule has 0 aliphatic carbocycles. The van der Waals surface area contributed by atoms with Gasteiger partial charge in [-0.05, 0) is 38.0 Å². The van der Waals surface area contributed by atoms with Crippen LogP contribution in [0.3, 0.4) is 0 Å². The van der Waals surface area contributed by atoms with Crippen molar-refractivity contribution in [3.05, 3.63) is 75.7 Å². The van der Waals surface area contributed by atoms with Gasteiger partial charge in [-0.3, -0.25) is 9.59 Å². The van der Waals surface area contributed by atoms with E-state index in [1.165, 1.54) is 24.5 Å². The minimum absolute atomic E-state index is 0.0330. The largest absolute Gasteiger partial charge is 0.417 e. The number of carbonyl (C=O) groups is 1. The molecular formula is C28H30F4N8O2. The Bertz CT molecular complexity index is 1560. The normalized spacial score (nSPS) is 19.4. The third-order valence-electron chi connectivity index (χ3n) is 7.14. The van der Waals surface area contributed by atoms with Crippen molar-refractivity contribution in [1.29, 1.82) is 0 Å². The van der Waals surface area contributed by atoms with E-state index in [9.17, 15) is 22.8 Å². The van der Waals surface area contributed by atoms with Gasteiger partial charge in [0, 0.05) is 56.1 Å². The summed E-state index contributed by atoms with van der Waals surface area (Å²) >= 11 is 0. The van der Waals surface area contributed by atoms with E-state index in [1.807, 2.05) is 29.7 Å². The molecule has 1 amide bonds. The summed E-state index contributed by atoms with van der Waals surface area (Å²) in [6.07, 6.45) is 1.17. The molecule has 4 heterocycles. The molecule has 222 valence electrons. The molecule has 14 heteroatoms. The topological polar surface area (TPSA) is 132 Å². The van der Waals surface area contributed by atoms with Crippen LogP contribution in [0.25, 0.3) is 5.57 Å². The number of nitrogen functional groups attached to an aromatic ring is 1. The lowest BCUT2D eigenvalue weighted by molar-refractivity contribution is -0.138. The van der Waals surface area contributed by atoms with Crippen molar-refractivity contribution in [3.63, 3.8) is 0 Å². The Morgan fingerprint density at radius 1 is 1.10 bits per heavy atom. The Morgan fingerprint density at radius 2 is 1.79 bits per heavy atom. The Morgan fingerprint density at radius 3 is 2.45 bits per heavy atom. The number of hydrogen-bond donors (Lipinski definition) is 4. The first-order valence-electron chi connectivity index (χ1n) is 13.4.